The average Bonchev–Trinajstić information content (AvgIpc) is 3.30. The van der Waals surface area contributed by atoms with Crippen molar-refractivity contribution in [2.24, 2.45) is 5.92 Å². The maximum absolute atomic E-state index is 13.0. The van der Waals surface area contributed by atoms with Gasteiger partial charge in [-0.05, 0) is 31.2 Å². The van der Waals surface area contributed by atoms with Gasteiger partial charge < -0.3 is 20.1 Å². The van der Waals surface area contributed by atoms with Crippen molar-refractivity contribution in [1.29, 1.82) is 0 Å². The predicted octanol–water partition coefficient (Wildman–Crippen LogP) is 2.00. The molecule has 2 N–H and O–H groups in total. The summed E-state index contributed by atoms with van der Waals surface area (Å²) >= 11 is 0. The lowest BCUT2D eigenvalue weighted by molar-refractivity contribution is -0.143. The maximum Gasteiger partial charge on any atom is 0.410 e. The summed E-state index contributed by atoms with van der Waals surface area (Å²) in [5, 5.41) is 5.29. The van der Waals surface area contributed by atoms with Crippen molar-refractivity contribution in [3.63, 3.8) is 0 Å². The van der Waals surface area contributed by atoms with E-state index in [1.165, 1.54) is 4.90 Å². The summed E-state index contributed by atoms with van der Waals surface area (Å²) in [6.45, 7) is 5.92. The van der Waals surface area contributed by atoms with Gasteiger partial charge in [0.25, 0.3) is 0 Å². The number of esters is 1. The molecule has 176 valence electrons. The first-order valence-electron chi connectivity index (χ1n) is 11.1. The molecular formula is C23H33N3O6. The lowest BCUT2D eigenvalue weighted by Crippen LogP contribution is -2.55. The van der Waals surface area contributed by atoms with E-state index in [9.17, 15) is 19.2 Å². The predicted molar refractivity (Wildman–Crippen MR) is 117 cm³/mol. The number of nitrogens with one attached hydrogen (secondary N) is 2. The normalized spacial score (nSPS) is 17.2. The van der Waals surface area contributed by atoms with E-state index in [0.717, 1.165) is 5.56 Å². The standard InChI is InChI=1S/C23H33N3O6/c1-4-16(3)20(22(29)24-14-19(27)31-5-2)25-21(28)18-12-9-13-26(18)23(30)32-15-17-10-7-6-8-11-17/h6-8,10-11,16,18,20H,4-5,9,12-15H2,1-3H3,(H,24,29)(H,25,28)/t16-,18-,20-/m0/s1. The summed E-state index contributed by atoms with van der Waals surface area (Å²) in [4.78, 5) is 51.1. The van der Waals surface area contributed by atoms with Crippen LogP contribution < -0.4 is 10.6 Å². The Labute approximate surface area is 188 Å². The number of carbonyl (C=O) groups excluding carboxylic acids is 4. The Morgan fingerprint density at radius 2 is 1.84 bits per heavy atom. The lowest BCUT2D eigenvalue weighted by atomic mass is 9.97. The zero-order valence-corrected chi connectivity index (χ0v) is 19.0. The highest BCUT2D eigenvalue weighted by Gasteiger charge is 2.37. The SMILES string of the molecule is CCOC(=O)CNC(=O)[C@@H](NC(=O)[C@@H]1CCCN1C(=O)OCc1ccccc1)[C@@H](C)CC. The van der Waals surface area contributed by atoms with E-state index in [2.05, 4.69) is 10.6 Å². The highest BCUT2D eigenvalue weighted by molar-refractivity contribution is 5.92. The van der Waals surface area contributed by atoms with Gasteiger partial charge >= 0.3 is 12.1 Å². The van der Waals surface area contributed by atoms with E-state index in [1.54, 1.807) is 6.92 Å². The van der Waals surface area contributed by atoms with Crippen LogP contribution in [0.3, 0.4) is 0 Å². The Hall–Kier alpha value is -3.10. The molecule has 0 aromatic heterocycles. The van der Waals surface area contributed by atoms with E-state index in [-0.39, 0.29) is 25.7 Å². The number of benzene rings is 1. The second kappa shape index (κ2) is 12.7. The van der Waals surface area contributed by atoms with Crippen LogP contribution >= 0.6 is 0 Å². The first kappa shape index (κ1) is 25.2. The van der Waals surface area contributed by atoms with Crippen LogP contribution in [0.15, 0.2) is 30.3 Å². The number of amides is 3. The monoisotopic (exact) mass is 447 g/mol. The summed E-state index contributed by atoms with van der Waals surface area (Å²) in [7, 11) is 0. The first-order chi connectivity index (χ1) is 15.4. The number of rotatable bonds is 10. The number of likely N-dealkylation sites (tertiary alicyclic amines) is 1. The van der Waals surface area contributed by atoms with Crippen molar-refractivity contribution in [2.45, 2.75) is 58.7 Å². The van der Waals surface area contributed by atoms with Gasteiger partial charge in [0.1, 0.15) is 25.2 Å². The third-order valence-electron chi connectivity index (χ3n) is 5.50. The van der Waals surface area contributed by atoms with Gasteiger partial charge in [-0.15, -0.1) is 0 Å². The number of carbonyl (C=O) groups is 4. The molecule has 1 aromatic rings. The zero-order chi connectivity index (χ0) is 23.5. The van der Waals surface area contributed by atoms with Crippen molar-refractivity contribution in [1.82, 2.24) is 15.5 Å². The molecule has 0 radical (unpaired) electrons. The minimum Gasteiger partial charge on any atom is -0.465 e. The van der Waals surface area contributed by atoms with Crippen LogP contribution in [0.1, 0.15) is 45.6 Å². The molecule has 9 nitrogen and oxygen atoms in total. The van der Waals surface area contributed by atoms with Crippen molar-refractivity contribution >= 4 is 23.9 Å². The minimum absolute atomic E-state index is 0.121. The molecule has 0 bridgehead atoms. The molecule has 0 unspecified atom stereocenters. The van der Waals surface area contributed by atoms with Gasteiger partial charge in [0.2, 0.25) is 11.8 Å². The van der Waals surface area contributed by atoms with Crippen molar-refractivity contribution in [3.05, 3.63) is 35.9 Å². The molecule has 32 heavy (non-hydrogen) atoms. The molecule has 3 amide bonds. The zero-order valence-electron chi connectivity index (χ0n) is 19.0. The molecule has 0 spiro atoms. The highest BCUT2D eigenvalue weighted by Crippen LogP contribution is 2.20. The fourth-order valence-corrected chi connectivity index (χ4v) is 3.49. The highest BCUT2D eigenvalue weighted by atomic mass is 16.6. The minimum atomic E-state index is -0.829. The molecule has 9 heteroatoms. The quantitative estimate of drug-likeness (QED) is 0.530. The number of hydrogen-bond acceptors (Lipinski definition) is 6. The van der Waals surface area contributed by atoms with E-state index in [0.29, 0.717) is 25.8 Å². The Kier molecular flexibility index (Phi) is 9.97. The molecule has 1 aromatic carbocycles. The first-order valence-corrected chi connectivity index (χ1v) is 11.1. The number of hydrogen-bond donors (Lipinski definition) is 2. The Morgan fingerprint density at radius 1 is 1.12 bits per heavy atom. The van der Waals surface area contributed by atoms with Crippen LogP contribution in [0.25, 0.3) is 0 Å². The number of ether oxygens (including phenoxy) is 2. The van der Waals surface area contributed by atoms with Crippen LogP contribution in [0.4, 0.5) is 4.79 Å². The molecule has 1 heterocycles. The van der Waals surface area contributed by atoms with Gasteiger partial charge in [0, 0.05) is 6.54 Å². The van der Waals surface area contributed by atoms with E-state index >= 15 is 0 Å². The molecule has 1 aliphatic rings. The second-order valence-corrected chi connectivity index (χ2v) is 7.79. The van der Waals surface area contributed by atoms with Crippen molar-refractivity contribution in [3.8, 4) is 0 Å². The molecule has 2 rings (SSSR count). The molecule has 3 atom stereocenters. The van der Waals surface area contributed by atoms with Crippen LogP contribution in [-0.2, 0) is 30.5 Å². The second-order valence-electron chi connectivity index (χ2n) is 7.79. The van der Waals surface area contributed by atoms with Gasteiger partial charge in [-0.1, -0.05) is 50.6 Å². The molecule has 1 saturated heterocycles. The van der Waals surface area contributed by atoms with Gasteiger partial charge in [0.15, 0.2) is 0 Å². The fraction of sp³-hybridized carbons (Fsp3) is 0.565. The lowest BCUT2D eigenvalue weighted by Gasteiger charge is -2.28. The van der Waals surface area contributed by atoms with Gasteiger partial charge in [-0.25, -0.2) is 4.79 Å². The molecular weight excluding hydrogens is 414 g/mol. The summed E-state index contributed by atoms with van der Waals surface area (Å²) in [5.74, 6) is -1.58. The Morgan fingerprint density at radius 3 is 2.50 bits per heavy atom. The number of nitrogens with zero attached hydrogens (tertiary/aromatic N) is 1. The third-order valence-corrected chi connectivity index (χ3v) is 5.50. The van der Waals surface area contributed by atoms with Gasteiger partial charge in [0.05, 0.1) is 6.61 Å². The van der Waals surface area contributed by atoms with Crippen LogP contribution in [0, 0.1) is 5.92 Å². The summed E-state index contributed by atoms with van der Waals surface area (Å²) in [6, 6.07) is 7.77. The van der Waals surface area contributed by atoms with Crippen LogP contribution in [-0.4, -0.2) is 60.6 Å². The van der Waals surface area contributed by atoms with E-state index in [1.807, 2.05) is 44.2 Å². The molecule has 0 aliphatic carbocycles. The Balaban J connectivity index is 1.97. The van der Waals surface area contributed by atoms with Crippen LogP contribution in [0.5, 0.6) is 0 Å². The maximum atomic E-state index is 13.0. The topological polar surface area (TPSA) is 114 Å². The Bertz CT molecular complexity index is 785. The average molecular weight is 448 g/mol. The van der Waals surface area contributed by atoms with Crippen molar-refractivity contribution < 1.29 is 28.7 Å². The molecule has 1 aliphatic heterocycles. The summed E-state index contributed by atoms with van der Waals surface area (Å²) < 4.78 is 10.2. The fourth-order valence-electron chi connectivity index (χ4n) is 3.49. The summed E-state index contributed by atoms with van der Waals surface area (Å²) in [6.07, 6.45) is 1.25. The van der Waals surface area contributed by atoms with Crippen LogP contribution in [0.2, 0.25) is 0 Å². The van der Waals surface area contributed by atoms with E-state index in [4.69, 9.17) is 9.47 Å². The smallest absolute Gasteiger partial charge is 0.410 e. The van der Waals surface area contributed by atoms with E-state index < -0.39 is 36.0 Å². The molecule has 1 fully saturated rings. The third kappa shape index (κ3) is 7.25. The largest absolute Gasteiger partial charge is 0.465 e. The van der Waals surface area contributed by atoms with Crippen molar-refractivity contribution in [2.75, 3.05) is 19.7 Å². The summed E-state index contributed by atoms with van der Waals surface area (Å²) in [5.41, 5.74) is 0.858. The van der Waals surface area contributed by atoms with Gasteiger partial charge in [-0.3, -0.25) is 19.3 Å². The molecule has 0 saturated carbocycles. The van der Waals surface area contributed by atoms with Gasteiger partial charge in [-0.2, -0.15) is 0 Å².